The fraction of sp³-hybridized carbons (Fsp3) is 0.750. The van der Waals surface area contributed by atoms with E-state index in [-0.39, 0.29) is 0 Å². The Morgan fingerprint density at radius 1 is 1.55 bits per heavy atom. The standard InChI is InChI=1S/C8H12N2O/c1-6-9-8(10-11-6)5-7-3-2-4-7/h7H,2-5H2,1H3. The van der Waals surface area contributed by atoms with Gasteiger partial charge in [0.05, 0.1) is 0 Å². The maximum atomic E-state index is 4.87. The summed E-state index contributed by atoms with van der Waals surface area (Å²) in [5.41, 5.74) is 0. The van der Waals surface area contributed by atoms with Crippen LogP contribution in [0.15, 0.2) is 4.52 Å². The van der Waals surface area contributed by atoms with Crippen molar-refractivity contribution in [3.63, 3.8) is 0 Å². The lowest BCUT2D eigenvalue weighted by molar-refractivity contribution is 0.303. The molecule has 1 fully saturated rings. The van der Waals surface area contributed by atoms with E-state index in [0.717, 1.165) is 18.2 Å². The molecule has 1 heterocycles. The van der Waals surface area contributed by atoms with E-state index in [4.69, 9.17) is 4.52 Å². The van der Waals surface area contributed by atoms with Gasteiger partial charge in [0, 0.05) is 13.3 Å². The predicted octanol–water partition coefficient (Wildman–Crippen LogP) is 1.72. The van der Waals surface area contributed by atoms with Gasteiger partial charge in [0.15, 0.2) is 5.82 Å². The van der Waals surface area contributed by atoms with E-state index in [0.29, 0.717) is 5.89 Å². The smallest absolute Gasteiger partial charge is 0.223 e. The number of hydrogen-bond acceptors (Lipinski definition) is 3. The van der Waals surface area contributed by atoms with Crippen molar-refractivity contribution in [3.05, 3.63) is 11.7 Å². The molecule has 0 aromatic carbocycles. The van der Waals surface area contributed by atoms with Crippen molar-refractivity contribution in [3.8, 4) is 0 Å². The molecule has 0 bridgehead atoms. The third-order valence-corrected chi connectivity index (χ3v) is 2.27. The molecule has 1 saturated carbocycles. The summed E-state index contributed by atoms with van der Waals surface area (Å²) < 4.78 is 4.87. The predicted molar refractivity (Wildman–Crippen MR) is 40.1 cm³/mol. The van der Waals surface area contributed by atoms with Crippen molar-refractivity contribution in [1.82, 2.24) is 10.1 Å². The van der Waals surface area contributed by atoms with Gasteiger partial charge in [-0.25, -0.2) is 0 Å². The minimum absolute atomic E-state index is 0.680. The Labute approximate surface area is 65.8 Å². The van der Waals surface area contributed by atoms with Crippen molar-refractivity contribution < 1.29 is 4.52 Å². The van der Waals surface area contributed by atoms with Gasteiger partial charge in [0.2, 0.25) is 5.89 Å². The van der Waals surface area contributed by atoms with E-state index in [1.807, 2.05) is 6.92 Å². The maximum absolute atomic E-state index is 4.87. The summed E-state index contributed by atoms with van der Waals surface area (Å²) >= 11 is 0. The molecule has 0 unspecified atom stereocenters. The molecular formula is C8H12N2O. The van der Waals surface area contributed by atoms with Crippen LogP contribution < -0.4 is 0 Å². The molecule has 1 aliphatic rings. The first kappa shape index (κ1) is 6.83. The Kier molecular flexibility index (Phi) is 1.64. The number of nitrogens with zero attached hydrogens (tertiary/aromatic N) is 2. The molecule has 0 spiro atoms. The van der Waals surface area contributed by atoms with Crippen molar-refractivity contribution in [2.45, 2.75) is 32.6 Å². The third kappa shape index (κ3) is 1.42. The van der Waals surface area contributed by atoms with E-state index in [9.17, 15) is 0 Å². The summed E-state index contributed by atoms with van der Waals surface area (Å²) in [6.45, 7) is 1.83. The second-order valence-electron chi connectivity index (χ2n) is 3.23. The van der Waals surface area contributed by atoms with E-state index >= 15 is 0 Å². The summed E-state index contributed by atoms with van der Waals surface area (Å²) in [4.78, 5) is 4.15. The molecule has 0 aliphatic heterocycles. The second-order valence-corrected chi connectivity index (χ2v) is 3.23. The zero-order valence-electron chi connectivity index (χ0n) is 6.71. The highest BCUT2D eigenvalue weighted by Crippen LogP contribution is 2.28. The van der Waals surface area contributed by atoms with Crippen LogP contribution in [0.4, 0.5) is 0 Å². The van der Waals surface area contributed by atoms with E-state index in [2.05, 4.69) is 10.1 Å². The summed E-state index contributed by atoms with van der Waals surface area (Å²) in [6, 6.07) is 0. The first-order chi connectivity index (χ1) is 5.34. The Bertz CT molecular complexity index is 240. The van der Waals surface area contributed by atoms with Gasteiger partial charge in [0.25, 0.3) is 0 Å². The topological polar surface area (TPSA) is 38.9 Å². The van der Waals surface area contributed by atoms with Crippen LogP contribution in [0.1, 0.15) is 31.0 Å². The molecule has 60 valence electrons. The lowest BCUT2D eigenvalue weighted by atomic mass is 9.83. The highest BCUT2D eigenvalue weighted by molar-refractivity contribution is 4.88. The molecule has 0 saturated heterocycles. The van der Waals surface area contributed by atoms with E-state index in [1.165, 1.54) is 19.3 Å². The molecule has 0 amide bonds. The number of rotatable bonds is 2. The first-order valence-electron chi connectivity index (χ1n) is 4.14. The molecule has 0 N–H and O–H groups in total. The van der Waals surface area contributed by atoms with E-state index in [1.54, 1.807) is 0 Å². The molecule has 0 atom stereocenters. The van der Waals surface area contributed by atoms with Crippen LogP contribution >= 0.6 is 0 Å². The van der Waals surface area contributed by atoms with Crippen molar-refractivity contribution >= 4 is 0 Å². The summed E-state index contributed by atoms with van der Waals surface area (Å²) in [6.07, 6.45) is 5.07. The van der Waals surface area contributed by atoms with Gasteiger partial charge in [-0.2, -0.15) is 4.98 Å². The molecule has 3 heteroatoms. The van der Waals surface area contributed by atoms with Gasteiger partial charge in [-0.3, -0.25) is 0 Å². The third-order valence-electron chi connectivity index (χ3n) is 2.27. The molecular weight excluding hydrogens is 140 g/mol. The van der Waals surface area contributed by atoms with Crippen LogP contribution in [0.5, 0.6) is 0 Å². The van der Waals surface area contributed by atoms with Gasteiger partial charge < -0.3 is 4.52 Å². The average Bonchev–Trinajstić information content (AvgIpc) is 2.27. The minimum Gasteiger partial charge on any atom is -0.340 e. The van der Waals surface area contributed by atoms with Crippen LogP contribution in [0, 0.1) is 12.8 Å². The summed E-state index contributed by atoms with van der Waals surface area (Å²) in [5.74, 6) is 2.39. The molecule has 0 radical (unpaired) electrons. The SMILES string of the molecule is Cc1nc(CC2CCC2)no1. The first-order valence-corrected chi connectivity index (χ1v) is 4.14. The van der Waals surface area contributed by atoms with Crippen LogP contribution in [0.25, 0.3) is 0 Å². The van der Waals surface area contributed by atoms with Gasteiger partial charge >= 0.3 is 0 Å². The van der Waals surface area contributed by atoms with Crippen LogP contribution in [0.3, 0.4) is 0 Å². The van der Waals surface area contributed by atoms with Gasteiger partial charge in [-0.1, -0.05) is 24.4 Å². The quantitative estimate of drug-likeness (QED) is 0.647. The average molecular weight is 152 g/mol. The number of aromatic nitrogens is 2. The monoisotopic (exact) mass is 152 g/mol. The molecule has 1 aromatic heterocycles. The van der Waals surface area contributed by atoms with E-state index < -0.39 is 0 Å². The Morgan fingerprint density at radius 3 is 2.82 bits per heavy atom. The fourth-order valence-electron chi connectivity index (χ4n) is 1.38. The fourth-order valence-corrected chi connectivity index (χ4v) is 1.38. The van der Waals surface area contributed by atoms with Crippen molar-refractivity contribution in [2.75, 3.05) is 0 Å². The minimum atomic E-state index is 0.680. The molecule has 1 aromatic rings. The highest BCUT2D eigenvalue weighted by Gasteiger charge is 2.19. The van der Waals surface area contributed by atoms with Gasteiger partial charge in [-0.05, 0) is 5.92 Å². The van der Waals surface area contributed by atoms with Gasteiger partial charge in [-0.15, -0.1) is 0 Å². The Balaban J connectivity index is 1.95. The van der Waals surface area contributed by atoms with Crippen molar-refractivity contribution in [2.24, 2.45) is 5.92 Å². The highest BCUT2D eigenvalue weighted by atomic mass is 16.5. The zero-order valence-corrected chi connectivity index (χ0v) is 6.71. The van der Waals surface area contributed by atoms with Crippen molar-refractivity contribution in [1.29, 1.82) is 0 Å². The molecule has 11 heavy (non-hydrogen) atoms. The second kappa shape index (κ2) is 2.64. The number of hydrogen-bond donors (Lipinski definition) is 0. The summed E-state index contributed by atoms with van der Waals surface area (Å²) in [7, 11) is 0. The van der Waals surface area contributed by atoms with Crippen LogP contribution in [-0.4, -0.2) is 10.1 Å². The van der Waals surface area contributed by atoms with Crippen LogP contribution in [0.2, 0.25) is 0 Å². The molecule has 3 nitrogen and oxygen atoms in total. The zero-order chi connectivity index (χ0) is 7.68. The van der Waals surface area contributed by atoms with Gasteiger partial charge in [0.1, 0.15) is 0 Å². The summed E-state index contributed by atoms with van der Waals surface area (Å²) in [5, 5.41) is 3.85. The Morgan fingerprint density at radius 2 is 2.36 bits per heavy atom. The molecule has 1 aliphatic carbocycles. The normalized spacial score (nSPS) is 18.3. The molecule has 2 rings (SSSR count). The lowest BCUT2D eigenvalue weighted by Gasteiger charge is -2.23. The lowest BCUT2D eigenvalue weighted by Crippen LogP contribution is -2.14. The largest absolute Gasteiger partial charge is 0.340 e. The van der Waals surface area contributed by atoms with Crippen LogP contribution in [-0.2, 0) is 6.42 Å². The maximum Gasteiger partial charge on any atom is 0.223 e. The Hall–Kier alpha value is -0.860. The number of aryl methyl sites for hydroxylation is 1.